The fourth-order valence-corrected chi connectivity index (χ4v) is 5.88. The molecule has 0 aliphatic heterocycles. The second-order valence-corrected chi connectivity index (χ2v) is 11.3. The number of carbonyl (C=O) groups is 2. The van der Waals surface area contributed by atoms with E-state index in [1.54, 1.807) is 42.5 Å². The van der Waals surface area contributed by atoms with Crippen molar-refractivity contribution in [2.45, 2.75) is 30.8 Å². The average molecular weight is 556 g/mol. The summed E-state index contributed by atoms with van der Waals surface area (Å²) in [6, 6.07) is 33.0. The van der Waals surface area contributed by atoms with Crippen LogP contribution in [0.3, 0.4) is 0 Å². The molecule has 4 rings (SSSR count). The van der Waals surface area contributed by atoms with Crippen LogP contribution in [0, 0.1) is 6.92 Å². The Labute approximate surface area is 236 Å². The zero-order chi connectivity index (χ0) is 28.5. The van der Waals surface area contributed by atoms with Crippen molar-refractivity contribution in [3.63, 3.8) is 0 Å². The van der Waals surface area contributed by atoms with Gasteiger partial charge in [-0.3, -0.25) is 13.9 Å². The molecule has 2 amide bonds. The molecule has 0 bridgehead atoms. The first kappa shape index (κ1) is 28.6. The van der Waals surface area contributed by atoms with Gasteiger partial charge in [0.05, 0.1) is 10.6 Å². The highest BCUT2D eigenvalue weighted by molar-refractivity contribution is 7.92. The summed E-state index contributed by atoms with van der Waals surface area (Å²) in [4.78, 5) is 28.9. The molecule has 8 heteroatoms. The van der Waals surface area contributed by atoms with Crippen molar-refractivity contribution >= 4 is 27.5 Å². The van der Waals surface area contributed by atoms with E-state index in [1.165, 1.54) is 24.1 Å². The fraction of sp³-hybridized carbons (Fsp3) is 0.188. The van der Waals surface area contributed by atoms with Crippen LogP contribution in [0.5, 0.6) is 0 Å². The van der Waals surface area contributed by atoms with Gasteiger partial charge in [0.25, 0.3) is 10.0 Å². The van der Waals surface area contributed by atoms with Gasteiger partial charge < -0.3 is 10.2 Å². The summed E-state index contributed by atoms with van der Waals surface area (Å²) in [5.74, 6) is -0.825. The third-order valence-electron chi connectivity index (χ3n) is 6.65. The van der Waals surface area contributed by atoms with Gasteiger partial charge in [-0.2, -0.15) is 0 Å². The lowest BCUT2D eigenvalue weighted by molar-refractivity contribution is -0.139. The number of sulfonamides is 1. The Morgan fingerprint density at radius 1 is 0.750 bits per heavy atom. The summed E-state index contributed by atoms with van der Waals surface area (Å²) in [6.07, 6.45) is 0.273. The Morgan fingerprint density at radius 2 is 1.27 bits per heavy atom. The van der Waals surface area contributed by atoms with Crippen molar-refractivity contribution < 1.29 is 18.0 Å². The van der Waals surface area contributed by atoms with E-state index in [1.807, 2.05) is 67.6 Å². The first-order chi connectivity index (χ1) is 19.3. The molecule has 0 unspecified atom stereocenters. The molecule has 0 heterocycles. The highest BCUT2D eigenvalue weighted by Crippen LogP contribution is 2.25. The smallest absolute Gasteiger partial charge is 0.264 e. The number of nitrogens with one attached hydrogen (secondary N) is 1. The molecular weight excluding hydrogens is 522 g/mol. The second kappa shape index (κ2) is 13.1. The number of para-hydroxylation sites is 1. The Hall–Kier alpha value is -4.43. The number of anilines is 1. The second-order valence-electron chi connectivity index (χ2n) is 9.49. The number of hydrogen-bond acceptors (Lipinski definition) is 4. The van der Waals surface area contributed by atoms with Crippen molar-refractivity contribution in [1.29, 1.82) is 0 Å². The monoisotopic (exact) mass is 555 g/mol. The molecule has 0 radical (unpaired) electrons. The minimum atomic E-state index is -4.10. The Kier molecular flexibility index (Phi) is 9.35. The van der Waals surface area contributed by atoms with Crippen molar-refractivity contribution in [2.24, 2.45) is 0 Å². The van der Waals surface area contributed by atoms with Gasteiger partial charge in [-0.25, -0.2) is 8.42 Å². The molecule has 206 valence electrons. The number of benzene rings is 4. The third-order valence-corrected chi connectivity index (χ3v) is 8.43. The Morgan fingerprint density at radius 3 is 1.82 bits per heavy atom. The molecule has 7 nitrogen and oxygen atoms in total. The van der Waals surface area contributed by atoms with Crippen molar-refractivity contribution in [3.05, 3.63) is 132 Å². The van der Waals surface area contributed by atoms with Crippen LogP contribution in [0.15, 0.2) is 120 Å². The topological polar surface area (TPSA) is 86.8 Å². The minimum absolute atomic E-state index is 0.0801. The van der Waals surface area contributed by atoms with E-state index in [9.17, 15) is 18.0 Å². The fourth-order valence-electron chi connectivity index (χ4n) is 4.46. The van der Waals surface area contributed by atoms with Crippen molar-refractivity contribution in [1.82, 2.24) is 10.2 Å². The number of rotatable bonds is 11. The molecule has 4 aromatic carbocycles. The molecular formula is C32H33N3O4S. The number of hydrogen-bond donors (Lipinski definition) is 1. The number of nitrogens with zero attached hydrogens (tertiary/aromatic N) is 2. The van der Waals surface area contributed by atoms with E-state index in [0.29, 0.717) is 5.69 Å². The quantitative estimate of drug-likeness (QED) is 0.294. The van der Waals surface area contributed by atoms with Gasteiger partial charge in [-0.15, -0.1) is 0 Å². The van der Waals surface area contributed by atoms with Gasteiger partial charge in [0, 0.05) is 20.0 Å². The van der Waals surface area contributed by atoms with Gasteiger partial charge in [0.15, 0.2) is 0 Å². The molecule has 0 aliphatic rings. The van der Waals surface area contributed by atoms with Crippen molar-refractivity contribution in [2.75, 3.05) is 17.9 Å². The molecule has 1 atom stereocenters. The van der Waals surface area contributed by atoms with Crippen LogP contribution in [-0.4, -0.2) is 44.8 Å². The predicted molar refractivity (Wildman–Crippen MR) is 157 cm³/mol. The molecule has 0 aliphatic carbocycles. The van der Waals surface area contributed by atoms with Gasteiger partial charge in [-0.05, 0) is 42.3 Å². The lowest BCUT2D eigenvalue weighted by Crippen LogP contribution is -2.53. The summed E-state index contributed by atoms with van der Waals surface area (Å²) in [7, 11) is -2.57. The van der Waals surface area contributed by atoms with Crippen LogP contribution in [0.1, 0.15) is 16.7 Å². The van der Waals surface area contributed by atoms with Crippen LogP contribution in [0.4, 0.5) is 5.69 Å². The summed E-state index contributed by atoms with van der Waals surface area (Å²) in [5, 5.41) is 2.69. The average Bonchev–Trinajstić information content (AvgIpc) is 2.98. The van der Waals surface area contributed by atoms with Gasteiger partial charge in [-0.1, -0.05) is 96.6 Å². The molecule has 1 N–H and O–H groups in total. The van der Waals surface area contributed by atoms with Crippen LogP contribution < -0.4 is 9.62 Å². The Bertz CT molecular complexity index is 1510. The summed E-state index contributed by atoms with van der Waals surface area (Å²) >= 11 is 0. The normalized spacial score (nSPS) is 11.8. The number of likely N-dealkylation sites (N-methyl/N-ethyl adjacent to an activating group) is 1. The molecule has 0 aromatic heterocycles. The first-order valence-electron chi connectivity index (χ1n) is 13.0. The summed E-state index contributed by atoms with van der Waals surface area (Å²) in [6.45, 7) is 1.54. The summed E-state index contributed by atoms with van der Waals surface area (Å²) < 4.78 is 28.9. The Balaban J connectivity index is 1.75. The van der Waals surface area contributed by atoms with E-state index in [0.717, 1.165) is 21.0 Å². The van der Waals surface area contributed by atoms with Gasteiger partial charge in [0.2, 0.25) is 11.8 Å². The summed E-state index contributed by atoms with van der Waals surface area (Å²) in [5.41, 5.74) is 2.99. The van der Waals surface area contributed by atoms with Gasteiger partial charge in [0.1, 0.15) is 12.6 Å². The maximum Gasteiger partial charge on any atom is 0.264 e. The zero-order valence-corrected chi connectivity index (χ0v) is 23.4. The zero-order valence-electron chi connectivity index (χ0n) is 22.6. The van der Waals surface area contributed by atoms with Crippen molar-refractivity contribution in [3.8, 4) is 0 Å². The minimum Gasteiger partial charge on any atom is -0.357 e. The van der Waals surface area contributed by atoms with E-state index < -0.39 is 28.5 Å². The van der Waals surface area contributed by atoms with Gasteiger partial charge >= 0.3 is 0 Å². The van der Waals surface area contributed by atoms with Crippen LogP contribution in [-0.2, 0) is 32.6 Å². The molecule has 0 saturated carbocycles. The van der Waals surface area contributed by atoms with Crippen LogP contribution in [0.2, 0.25) is 0 Å². The SMILES string of the molecule is CNC(=O)[C@H](Cc1ccccc1)N(Cc1ccccc1)C(=O)CN(c1ccccc1)S(=O)(=O)c1ccc(C)cc1. The van der Waals surface area contributed by atoms with E-state index >= 15 is 0 Å². The predicted octanol–water partition coefficient (Wildman–Crippen LogP) is 4.58. The van der Waals surface area contributed by atoms with E-state index in [2.05, 4.69) is 5.32 Å². The standard InChI is InChI=1S/C32H33N3O4S/c1-25-18-20-29(21-19-25)40(38,39)35(28-16-10-5-11-17-28)24-31(36)34(23-27-14-8-4-9-15-27)30(32(37)33-2)22-26-12-6-3-7-13-26/h3-21,30H,22-24H2,1-2H3,(H,33,37)/t30-/m0/s1. The molecule has 0 fully saturated rings. The highest BCUT2D eigenvalue weighted by atomic mass is 32.2. The molecule has 40 heavy (non-hydrogen) atoms. The molecule has 0 saturated heterocycles. The first-order valence-corrected chi connectivity index (χ1v) is 14.5. The maximum atomic E-state index is 14.2. The number of carbonyl (C=O) groups excluding carboxylic acids is 2. The van der Waals surface area contributed by atoms with E-state index in [4.69, 9.17) is 0 Å². The lowest BCUT2D eigenvalue weighted by Gasteiger charge is -2.33. The molecule has 4 aromatic rings. The maximum absolute atomic E-state index is 14.2. The highest BCUT2D eigenvalue weighted by Gasteiger charge is 2.34. The third kappa shape index (κ3) is 6.95. The van der Waals surface area contributed by atoms with E-state index in [-0.39, 0.29) is 23.8 Å². The number of amides is 2. The number of aryl methyl sites for hydroxylation is 1. The molecule has 0 spiro atoms. The largest absolute Gasteiger partial charge is 0.357 e. The van der Waals surface area contributed by atoms with Crippen LogP contribution in [0.25, 0.3) is 0 Å². The lowest BCUT2D eigenvalue weighted by atomic mass is 10.0. The van der Waals surface area contributed by atoms with Crippen LogP contribution >= 0.6 is 0 Å².